The lowest BCUT2D eigenvalue weighted by Crippen LogP contribution is -2.48. The lowest BCUT2D eigenvalue weighted by atomic mass is 10.1. The van der Waals surface area contributed by atoms with E-state index in [9.17, 15) is 8.42 Å². The first-order valence-electron chi connectivity index (χ1n) is 9.78. The van der Waals surface area contributed by atoms with Crippen molar-refractivity contribution in [3.8, 4) is 0 Å². The number of hydrogen-bond acceptors (Lipinski definition) is 6. The minimum Gasteiger partial charge on any atom is -0.338 e. The molecule has 0 N–H and O–H groups in total. The van der Waals surface area contributed by atoms with Gasteiger partial charge in [-0.2, -0.15) is 9.29 Å². The second kappa shape index (κ2) is 8.31. The Hall–Kier alpha value is -1.77. The molecule has 2 heterocycles. The van der Waals surface area contributed by atoms with E-state index in [4.69, 9.17) is 4.52 Å². The fourth-order valence-electron chi connectivity index (χ4n) is 3.82. The molecule has 0 aliphatic carbocycles. The molecule has 0 atom stereocenters. The molecule has 0 radical (unpaired) electrons. The van der Waals surface area contributed by atoms with E-state index in [2.05, 4.69) is 28.9 Å². The van der Waals surface area contributed by atoms with Crippen LogP contribution in [0.3, 0.4) is 0 Å². The van der Waals surface area contributed by atoms with Crippen molar-refractivity contribution in [2.75, 3.05) is 26.2 Å². The van der Waals surface area contributed by atoms with E-state index in [-0.39, 0.29) is 0 Å². The SMILES string of the molecule is Cc1cc(C)c(S(=O)(=O)N2CCN(Cc3nc(CC(C)C)no3)CC2)c(C)c1. The van der Waals surface area contributed by atoms with Crippen LogP contribution in [0.5, 0.6) is 0 Å². The largest absolute Gasteiger partial charge is 0.338 e. The maximum absolute atomic E-state index is 13.2. The average molecular weight is 407 g/mol. The number of hydrogen-bond donors (Lipinski definition) is 0. The molecule has 1 saturated heterocycles. The topological polar surface area (TPSA) is 79.5 Å². The smallest absolute Gasteiger partial charge is 0.243 e. The van der Waals surface area contributed by atoms with Crippen LogP contribution in [-0.4, -0.2) is 53.9 Å². The van der Waals surface area contributed by atoms with Crippen LogP contribution in [0.15, 0.2) is 21.6 Å². The Balaban J connectivity index is 1.64. The zero-order valence-electron chi connectivity index (χ0n) is 17.4. The average Bonchev–Trinajstić information content (AvgIpc) is 3.00. The summed E-state index contributed by atoms with van der Waals surface area (Å²) in [6, 6.07) is 3.86. The monoisotopic (exact) mass is 406 g/mol. The van der Waals surface area contributed by atoms with E-state index >= 15 is 0 Å². The van der Waals surface area contributed by atoms with Gasteiger partial charge in [0, 0.05) is 32.6 Å². The fourth-order valence-corrected chi connectivity index (χ4v) is 5.66. The Morgan fingerprint density at radius 3 is 2.25 bits per heavy atom. The number of sulfonamides is 1. The van der Waals surface area contributed by atoms with Gasteiger partial charge in [0.15, 0.2) is 5.82 Å². The molecule has 154 valence electrons. The molecular formula is C20H30N4O3S. The number of aryl methyl sites for hydroxylation is 3. The Bertz CT molecular complexity index is 906. The molecule has 0 amide bonds. The Morgan fingerprint density at radius 1 is 1.07 bits per heavy atom. The van der Waals surface area contributed by atoms with Crippen LogP contribution in [0.4, 0.5) is 0 Å². The molecule has 2 aromatic rings. The second-order valence-corrected chi connectivity index (χ2v) is 9.99. The van der Waals surface area contributed by atoms with Crippen molar-refractivity contribution < 1.29 is 12.9 Å². The first kappa shape index (κ1) is 21.0. The normalized spacial score (nSPS) is 16.8. The summed E-state index contributed by atoms with van der Waals surface area (Å²) < 4.78 is 33.3. The highest BCUT2D eigenvalue weighted by molar-refractivity contribution is 7.89. The summed E-state index contributed by atoms with van der Waals surface area (Å²) in [5.74, 6) is 1.81. The Kier molecular flexibility index (Phi) is 6.21. The van der Waals surface area contributed by atoms with Crippen molar-refractivity contribution in [3.63, 3.8) is 0 Å². The van der Waals surface area contributed by atoms with Crippen LogP contribution in [0, 0.1) is 26.7 Å². The first-order chi connectivity index (χ1) is 13.2. The van der Waals surface area contributed by atoms with Crippen molar-refractivity contribution in [3.05, 3.63) is 40.5 Å². The summed E-state index contributed by atoms with van der Waals surface area (Å²) >= 11 is 0. The lowest BCUT2D eigenvalue weighted by molar-refractivity contribution is 0.163. The predicted molar refractivity (Wildman–Crippen MR) is 108 cm³/mol. The van der Waals surface area contributed by atoms with Gasteiger partial charge in [-0.15, -0.1) is 0 Å². The summed E-state index contributed by atoms with van der Waals surface area (Å²) in [6.07, 6.45) is 0.796. The molecule has 1 aliphatic rings. The molecule has 0 bridgehead atoms. The molecule has 1 fully saturated rings. The number of piperazine rings is 1. The summed E-state index contributed by atoms with van der Waals surface area (Å²) in [6.45, 7) is 12.7. The third-order valence-electron chi connectivity index (χ3n) is 4.99. The standard InChI is InChI=1S/C20H30N4O3S/c1-14(2)10-18-21-19(27-22-18)13-23-6-8-24(9-7-23)28(25,26)20-16(4)11-15(3)12-17(20)5/h11-12,14H,6-10,13H2,1-5H3. The van der Waals surface area contributed by atoms with Crippen LogP contribution < -0.4 is 0 Å². The molecule has 1 aliphatic heterocycles. The minimum absolute atomic E-state index is 0.446. The van der Waals surface area contributed by atoms with Gasteiger partial charge in [0.05, 0.1) is 11.4 Å². The highest BCUT2D eigenvalue weighted by Crippen LogP contribution is 2.26. The number of aromatic nitrogens is 2. The highest BCUT2D eigenvalue weighted by Gasteiger charge is 2.31. The lowest BCUT2D eigenvalue weighted by Gasteiger charge is -2.33. The van der Waals surface area contributed by atoms with Crippen molar-refractivity contribution in [2.45, 2.75) is 52.5 Å². The molecule has 28 heavy (non-hydrogen) atoms. The molecule has 1 aromatic carbocycles. The van der Waals surface area contributed by atoms with Crippen LogP contribution in [-0.2, 0) is 23.0 Å². The highest BCUT2D eigenvalue weighted by atomic mass is 32.2. The second-order valence-electron chi connectivity index (χ2n) is 8.11. The van der Waals surface area contributed by atoms with Gasteiger partial charge >= 0.3 is 0 Å². The fraction of sp³-hybridized carbons (Fsp3) is 0.600. The van der Waals surface area contributed by atoms with Crippen LogP contribution in [0.25, 0.3) is 0 Å². The summed E-state index contributed by atoms with van der Waals surface area (Å²) in [5, 5.41) is 4.02. The Labute approximate surface area is 167 Å². The van der Waals surface area contributed by atoms with E-state index in [1.807, 2.05) is 32.9 Å². The van der Waals surface area contributed by atoms with Gasteiger partial charge in [-0.3, -0.25) is 4.90 Å². The minimum atomic E-state index is -3.49. The molecule has 3 rings (SSSR count). The maximum Gasteiger partial charge on any atom is 0.243 e. The summed E-state index contributed by atoms with van der Waals surface area (Å²) in [4.78, 5) is 7.05. The van der Waals surface area contributed by atoms with E-state index in [1.54, 1.807) is 4.31 Å². The third-order valence-corrected chi connectivity index (χ3v) is 7.20. The molecule has 0 saturated carbocycles. The van der Waals surface area contributed by atoms with E-state index < -0.39 is 10.0 Å². The van der Waals surface area contributed by atoms with E-state index in [0.29, 0.717) is 49.4 Å². The molecule has 1 aromatic heterocycles. The van der Waals surface area contributed by atoms with Gasteiger partial charge in [-0.25, -0.2) is 8.42 Å². The maximum atomic E-state index is 13.2. The van der Waals surface area contributed by atoms with Gasteiger partial charge in [0.1, 0.15) is 0 Å². The van der Waals surface area contributed by atoms with Crippen molar-refractivity contribution in [2.24, 2.45) is 5.92 Å². The molecule has 0 unspecified atom stereocenters. The number of rotatable bonds is 6. The van der Waals surface area contributed by atoms with Gasteiger partial charge in [-0.05, 0) is 37.8 Å². The molecule has 7 nitrogen and oxygen atoms in total. The van der Waals surface area contributed by atoms with Crippen LogP contribution >= 0.6 is 0 Å². The van der Waals surface area contributed by atoms with Gasteiger partial charge < -0.3 is 4.52 Å². The number of nitrogens with zero attached hydrogens (tertiary/aromatic N) is 4. The first-order valence-corrected chi connectivity index (χ1v) is 11.2. The molecule has 8 heteroatoms. The van der Waals surface area contributed by atoms with Crippen molar-refractivity contribution in [1.29, 1.82) is 0 Å². The van der Waals surface area contributed by atoms with E-state index in [1.165, 1.54) is 0 Å². The zero-order valence-corrected chi connectivity index (χ0v) is 18.2. The summed E-state index contributed by atoms with van der Waals surface area (Å²) in [7, 11) is -3.49. The van der Waals surface area contributed by atoms with Gasteiger partial charge in [-0.1, -0.05) is 36.7 Å². The number of benzene rings is 1. The van der Waals surface area contributed by atoms with Crippen molar-refractivity contribution >= 4 is 10.0 Å². The quantitative estimate of drug-likeness (QED) is 0.734. The third kappa shape index (κ3) is 4.61. The van der Waals surface area contributed by atoms with E-state index in [0.717, 1.165) is 28.9 Å². The molecular weight excluding hydrogens is 376 g/mol. The van der Waals surface area contributed by atoms with Crippen LogP contribution in [0.2, 0.25) is 0 Å². The summed E-state index contributed by atoms with van der Waals surface area (Å²) in [5.41, 5.74) is 2.70. The van der Waals surface area contributed by atoms with Crippen LogP contribution in [0.1, 0.15) is 42.3 Å². The zero-order chi connectivity index (χ0) is 20.5. The van der Waals surface area contributed by atoms with Gasteiger partial charge in [0.25, 0.3) is 0 Å². The van der Waals surface area contributed by atoms with Crippen molar-refractivity contribution in [1.82, 2.24) is 19.3 Å². The predicted octanol–water partition coefficient (Wildman–Crippen LogP) is 2.70. The van der Waals surface area contributed by atoms with Gasteiger partial charge in [0.2, 0.25) is 15.9 Å². The Morgan fingerprint density at radius 2 is 1.68 bits per heavy atom. The molecule has 0 spiro atoms.